The molecule has 7 heteroatoms. The minimum absolute atomic E-state index is 0.425. The van der Waals surface area contributed by atoms with Crippen molar-refractivity contribution in [3.8, 4) is 11.6 Å². The number of rotatable bonds is 3. The van der Waals surface area contributed by atoms with E-state index in [1.54, 1.807) is 12.4 Å². The molecule has 0 saturated carbocycles. The van der Waals surface area contributed by atoms with Crippen LogP contribution in [0.3, 0.4) is 0 Å². The summed E-state index contributed by atoms with van der Waals surface area (Å²) >= 11 is 0. The van der Waals surface area contributed by atoms with Crippen molar-refractivity contribution in [3.05, 3.63) is 18.2 Å². The number of nitrogens with two attached hydrogens (primary N) is 1. The van der Waals surface area contributed by atoms with Crippen LogP contribution in [0.25, 0.3) is 22.8 Å². The number of hydrogen-bond donors (Lipinski definition) is 3. The van der Waals surface area contributed by atoms with E-state index in [2.05, 4.69) is 36.8 Å². The number of nitrogens with zero attached hydrogens (tertiary/aromatic N) is 4. The number of hydrogen-bond acceptors (Lipinski definition) is 5. The third-order valence-electron chi connectivity index (χ3n) is 2.62. The Labute approximate surface area is 103 Å². The van der Waals surface area contributed by atoms with Gasteiger partial charge in [-0.1, -0.05) is 6.92 Å². The first-order valence-corrected chi connectivity index (χ1v) is 5.79. The fourth-order valence-corrected chi connectivity index (χ4v) is 1.81. The zero-order valence-electron chi connectivity index (χ0n) is 9.94. The van der Waals surface area contributed by atoms with Gasteiger partial charge in [-0.15, -0.1) is 0 Å². The molecule has 0 unspecified atom stereocenters. The quantitative estimate of drug-likeness (QED) is 0.642. The summed E-state index contributed by atoms with van der Waals surface area (Å²) in [5, 5.41) is 0. The van der Waals surface area contributed by atoms with Crippen LogP contribution in [0.2, 0.25) is 0 Å². The van der Waals surface area contributed by atoms with Gasteiger partial charge in [-0.3, -0.25) is 0 Å². The Morgan fingerprint density at radius 3 is 2.83 bits per heavy atom. The minimum Gasteiger partial charge on any atom is -0.382 e. The van der Waals surface area contributed by atoms with Gasteiger partial charge in [0, 0.05) is 18.8 Å². The van der Waals surface area contributed by atoms with Gasteiger partial charge < -0.3 is 15.7 Å². The molecule has 0 saturated heterocycles. The molecule has 0 radical (unpaired) electrons. The van der Waals surface area contributed by atoms with Crippen molar-refractivity contribution in [2.75, 3.05) is 5.73 Å². The number of H-pyrrole nitrogens is 2. The van der Waals surface area contributed by atoms with E-state index in [1.807, 2.05) is 0 Å². The highest BCUT2D eigenvalue weighted by molar-refractivity contribution is 5.83. The lowest BCUT2D eigenvalue weighted by atomic mass is 10.3. The minimum atomic E-state index is 0.425. The third kappa shape index (κ3) is 1.69. The van der Waals surface area contributed by atoms with Crippen LogP contribution in [0.4, 0.5) is 5.82 Å². The Balaban J connectivity index is 2.14. The molecule has 18 heavy (non-hydrogen) atoms. The van der Waals surface area contributed by atoms with E-state index in [4.69, 9.17) is 5.73 Å². The second kappa shape index (κ2) is 4.10. The van der Waals surface area contributed by atoms with Crippen molar-refractivity contribution in [3.63, 3.8) is 0 Å². The topological polar surface area (TPSA) is 109 Å². The summed E-state index contributed by atoms with van der Waals surface area (Å²) in [6, 6.07) is 0. The number of fused-ring (bicyclic) bond motifs is 1. The lowest BCUT2D eigenvalue weighted by Gasteiger charge is -1.98. The highest BCUT2D eigenvalue weighted by atomic mass is 15.1. The van der Waals surface area contributed by atoms with Gasteiger partial charge in [-0.2, -0.15) is 0 Å². The lowest BCUT2D eigenvalue weighted by molar-refractivity contribution is 0.845. The predicted octanol–water partition coefficient (Wildman–Crippen LogP) is 1.28. The highest BCUT2D eigenvalue weighted by Gasteiger charge is 2.12. The molecule has 0 atom stereocenters. The van der Waals surface area contributed by atoms with E-state index in [9.17, 15) is 0 Å². The van der Waals surface area contributed by atoms with Crippen molar-refractivity contribution in [2.45, 2.75) is 19.8 Å². The molecule has 0 fully saturated rings. The van der Waals surface area contributed by atoms with Crippen molar-refractivity contribution in [1.29, 1.82) is 0 Å². The maximum absolute atomic E-state index is 5.90. The standard InChI is InChI=1S/C11H13N7/c1-2-3-6-15-8(12)7-9(16-6)18-11(17-7)10-13-4-5-14-10/h4-5H,2-3H2,1H3,(H,13,14)(H3,12,15,16,17,18). The van der Waals surface area contributed by atoms with E-state index in [0.717, 1.165) is 18.7 Å². The molecule has 0 aromatic carbocycles. The maximum Gasteiger partial charge on any atom is 0.183 e. The molecule has 0 aliphatic rings. The third-order valence-corrected chi connectivity index (χ3v) is 2.62. The Kier molecular flexibility index (Phi) is 2.44. The van der Waals surface area contributed by atoms with E-state index >= 15 is 0 Å². The smallest absolute Gasteiger partial charge is 0.183 e. The van der Waals surface area contributed by atoms with Crippen LogP contribution in [0.15, 0.2) is 12.4 Å². The van der Waals surface area contributed by atoms with Crippen molar-refractivity contribution in [2.24, 2.45) is 0 Å². The number of nitrogens with one attached hydrogen (secondary N) is 2. The van der Waals surface area contributed by atoms with Gasteiger partial charge in [0.25, 0.3) is 0 Å². The van der Waals surface area contributed by atoms with Crippen LogP contribution in [-0.4, -0.2) is 29.9 Å². The van der Waals surface area contributed by atoms with Gasteiger partial charge in [0.2, 0.25) is 0 Å². The number of nitrogen functional groups attached to an aromatic ring is 1. The second-order valence-corrected chi connectivity index (χ2v) is 4.00. The second-order valence-electron chi connectivity index (χ2n) is 4.00. The molecule has 0 spiro atoms. The Morgan fingerprint density at radius 1 is 1.22 bits per heavy atom. The first-order chi connectivity index (χ1) is 8.78. The molecule has 7 nitrogen and oxygen atoms in total. The molecule has 3 aromatic rings. The fraction of sp³-hybridized carbons (Fsp3) is 0.273. The first-order valence-electron chi connectivity index (χ1n) is 5.79. The Morgan fingerprint density at radius 2 is 2.11 bits per heavy atom. The molecule has 3 rings (SSSR count). The summed E-state index contributed by atoms with van der Waals surface area (Å²) in [6.07, 6.45) is 5.17. The Bertz CT molecular complexity index is 668. The van der Waals surface area contributed by atoms with Crippen molar-refractivity contribution >= 4 is 17.0 Å². The first kappa shape index (κ1) is 10.7. The van der Waals surface area contributed by atoms with Crippen LogP contribution < -0.4 is 5.73 Å². The van der Waals surface area contributed by atoms with Crippen molar-refractivity contribution < 1.29 is 0 Å². The molecule has 0 amide bonds. The van der Waals surface area contributed by atoms with E-state index in [-0.39, 0.29) is 0 Å². The van der Waals surface area contributed by atoms with Gasteiger partial charge >= 0.3 is 0 Å². The summed E-state index contributed by atoms with van der Waals surface area (Å²) < 4.78 is 0. The van der Waals surface area contributed by atoms with Crippen LogP contribution in [0.1, 0.15) is 19.2 Å². The molecule has 0 aliphatic carbocycles. The normalized spacial score (nSPS) is 11.2. The summed E-state index contributed by atoms with van der Waals surface area (Å²) in [4.78, 5) is 23.2. The molecule has 3 aromatic heterocycles. The highest BCUT2D eigenvalue weighted by Crippen LogP contribution is 2.19. The number of anilines is 1. The SMILES string of the molecule is CCCc1nc(N)c2[nH]c(-c3ncc[nH]3)nc2n1. The maximum atomic E-state index is 5.90. The predicted molar refractivity (Wildman–Crippen MR) is 67.7 cm³/mol. The molecule has 92 valence electrons. The summed E-state index contributed by atoms with van der Waals surface area (Å²) in [7, 11) is 0. The zero-order chi connectivity index (χ0) is 12.5. The van der Waals surface area contributed by atoms with Gasteiger partial charge in [0.15, 0.2) is 23.1 Å². The van der Waals surface area contributed by atoms with Crippen LogP contribution in [0.5, 0.6) is 0 Å². The van der Waals surface area contributed by atoms with Crippen LogP contribution in [-0.2, 0) is 6.42 Å². The average Bonchev–Trinajstić information content (AvgIpc) is 2.97. The largest absolute Gasteiger partial charge is 0.382 e. The van der Waals surface area contributed by atoms with Gasteiger partial charge in [0.05, 0.1) is 0 Å². The average molecular weight is 243 g/mol. The van der Waals surface area contributed by atoms with E-state index in [1.165, 1.54) is 0 Å². The lowest BCUT2D eigenvalue weighted by Crippen LogP contribution is -2.00. The molecular formula is C11H13N7. The van der Waals surface area contributed by atoms with Crippen molar-refractivity contribution in [1.82, 2.24) is 29.9 Å². The summed E-state index contributed by atoms with van der Waals surface area (Å²) in [5.74, 6) is 2.42. The van der Waals surface area contributed by atoms with Crippen LogP contribution >= 0.6 is 0 Å². The molecule has 3 heterocycles. The molecule has 0 aliphatic heterocycles. The van der Waals surface area contributed by atoms with Gasteiger partial charge in [-0.05, 0) is 6.42 Å². The van der Waals surface area contributed by atoms with Crippen LogP contribution in [0, 0.1) is 0 Å². The van der Waals surface area contributed by atoms with E-state index < -0.39 is 0 Å². The fourth-order valence-electron chi connectivity index (χ4n) is 1.81. The number of imidazole rings is 2. The Hall–Kier alpha value is -2.44. The van der Waals surface area contributed by atoms with Gasteiger partial charge in [-0.25, -0.2) is 19.9 Å². The summed E-state index contributed by atoms with van der Waals surface area (Å²) in [6.45, 7) is 2.07. The number of aromatic amines is 2. The summed E-state index contributed by atoms with van der Waals surface area (Å²) in [5.41, 5.74) is 7.14. The number of aromatic nitrogens is 6. The monoisotopic (exact) mass is 243 g/mol. The molecular weight excluding hydrogens is 230 g/mol. The zero-order valence-corrected chi connectivity index (χ0v) is 9.94. The molecule has 0 bridgehead atoms. The molecule has 4 N–H and O–H groups in total. The van der Waals surface area contributed by atoms with E-state index in [0.29, 0.717) is 28.6 Å². The van der Waals surface area contributed by atoms with Gasteiger partial charge in [0.1, 0.15) is 11.3 Å². The number of aryl methyl sites for hydroxylation is 1.